The molecule has 0 atom stereocenters. The molecule has 20 heavy (non-hydrogen) atoms. The van der Waals surface area contributed by atoms with E-state index in [1.165, 1.54) is 11.8 Å². The molecule has 0 spiro atoms. The molecule has 0 saturated carbocycles. The minimum Gasteiger partial charge on any atom is -0.370 e. The molecule has 0 aliphatic carbocycles. The van der Waals surface area contributed by atoms with E-state index < -0.39 is 0 Å². The third-order valence-corrected chi connectivity index (χ3v) is 3.07. The Morgan fingerprint density at radius 2 is 2.00 bits per heavy atom. The highest BCUT2D eigenvalue weighted by Crippen LogP contribution is 2.17. The second-order valence-electron chi connectivity index (χ2n) is 4.24. The zero-order chi connectivity index (χ0) is 14.4. The maximum absolute atomic E-state index is 4.42. The summed E-state index contributed by atoms with van der Waals surface area (Å²) in [6, 6.07) is 1.90. The first-order valence-electron chi connectivity index (χ1n) is 6.46. The van der Waals surface area contributed by atoms with Crippen molar-refractivity contribution in [3.63, 3.8) is 0 Å². The van der Waals surface area contributed by atoms with E-state index in [4.69, 9.17) is 0 Å². The Balaban J connectivity index is 2.05. The number of hydrogen-bond donors (Lipinski definition) is 2. The Morgan fingerprint density at radius 3 is 2.60 bits per heavy atom. The quantitative estimate of drug-likeness (QED) is 0.594. The fourth-order valence-electron chi connectivity index (χ4n) is 1.59. The van der Waals surface area contributed by atoms with Crippen molar-refractivity contribution in [3.8, 4) is 0 Å². The average molecular weight is 293 g/mol. The van der Waals surface area contributed by atoms with Crippen molar-refractivity contribution in [2.24, 2.45) is 7.05 Å². The van der Waals surface area contributed by atoms with Crippen molar-refractivity contribution in [1.29, 1.82) is 0 Å². The summed E-state index contributed by atoms with van der Waals surface area (Å²) in [5.41, 5.74) is 0. The van der Waals surface area contributed by atoms with Crippen LogP contribution in [0.4, 0.5) is 11.6 Å². The molecule has 0 aliphatic rings. The number of nitrogens with one attached hydrogen (secondary N) is 2. The van der Waals surface area contributed by atoms with Crippen LogP contribution in [0.1, 0.15) is 19.2 Å². The molecule has 108 valence electrons. The van der Waals surface area contributed by atoms with Gasteiger partial charge < -0.3 is 10.6 Å². The van der Waals surface area contributed by atoms with Crippen LogP contribution in [0.25, 0.3) is 0 Å². The minimum absolute atomic E-state index is 0.541. The Hall–Kier alpha value is -1.83. The summed E-state index contributed by atoms with van der Waals surface area (Å²) in [7, 11) is 1.85. The molecule has 2 aromatic heterocycles. The molecule has 0 aromatic carbocycles. The average Bonchev–Trinajstić information content (AvgIpc) is 2.88. The Bertz CT molecular complexity index is 554. The first-order chi connectivity index (χ1) is 9.71. The largest absolute Gasteiger partial charge is 0.370 e. The second kappa shape index (κ2) is 7.09. The summed E-state index contributed by atoms with van der Waals surface area (Å²) in [4.78, 5) is 13.0. The van der Waals surface area contributed by atoms with Gasteiger partial charge in [0.1, 0.15) is 18.0 Å². The van der Waals surface area contributed by atoms with Gasteiger partial charge in [-0.25, -0.2) is 15.0 Å². The molecular weight excluding hydrogens is 274 g/mol. The highest BCUT2D eigenvalue weighted by molar-refractivity contribution is 7.98. The number of aryl methyl sites for hydroxylation is 1. The molecule has 7 nitrogen and oxygen atoms in total. The van der Waals surface area contributed by atoms with E-state index in [2.05, 4.69) is 37.6 Å². The van der Waals surface area contributed by atoms with Gasteiger partial charge in [-0.2, -0.15) is 5.10 Å². The molecule has 0 amide bonds. The van der Waals surface area contributed by atoms with Gasteiger partial charge in [0.05, 0.1) is 6.54 Å². The highest BCUT2D eigenvalue weighted by atomic mass is 32.2. The summed E-state index contributed by atoms with van der Waals surface area (Å²) >= 11 is 1.52. The van der Waals surface area contributed by atoms with Gasteiger partial charge in [-0.15, -0.1) is 0 Å². The fourth-order valence-corrected chi connectivity index (χ4v) is 1.96. The predicted octanol–water partition coefficient (Wildman–Crippen LogP) is 1.76. The topological polar surface area (TPSA) is 80.5 Å². The fraction of sp³-hybridized carbons (Fsp3) is 0.500. The molecule has 0 fully saturated rings. The second-order valence-corrected chi connectivity index (χ2v) is 5.01. The number of hydrogen-bond acceptors (Lipinski definition) is 7. The van der Waals surface area contributed by atoms with Gasteiger partial charge in [0.2, 0.25) is 0 Å². The maximum atomic E-state index is 4.42. The normalized spacial score (nSPS) is 10.6. The van der Waals surface area contributed by atoms with Crippen LogP contribution in [0.3, 0.4) is 0 Å². The van der Waals surface area contributed by atoms with Gasteiger partial charge in [-0.05, 0) is 12.7 Å². The van der Waals surface area contributed by atoms with Gasteiger partial charge in [0.15, 0.2) is 11.0 Å². The number of rotatable bonds is 7. The van der Waals surface area contributed by atoms with Crippen LogP contribution in [0.5, 0.6) is 0 Å². The lowest BCUT2D eigenvalue weighted by Crippen LogP contribution is -2.08. The van der Waals surface area contributed by atoms with Gasteiger partial charge >= 0.3 is 0 Å². The van der Waals surface area contributed by atoms with Gasteiger partial charge in [-0.3, -0.25) is 4.68 Å². The summed E-state index contributed by atoms with van der Waals surface area (Å²) in [5.74, 6) is 2.35. The van der Waals surface area contributed by atoms with Crippen molar-refractivity contribution in [1.82, 2.24) is 24.7 Å². The van der Waals surface area contributed by atoms with E-state index in [0.717, 1.165) is 35.6 Å². The molecule has 2 aromatic rings. The molecule has 0 saturated heterocycles. The van der Waals surface area contributed by atoms with Crippen molar-refractivity contribution in [3.05, 3.63) is 18.2 Å². The van der Waals surface area contributed by atoms with Crippen molar-refractivity contribution >= 4 is 23.4 Å². The monoisotopic (exact) mass is 293 g/mol. The van der Waals surface area contributed by atoms with E-state index in [1.54, 1.807) is 11.0 Å². The van der Waals surface area contributed by atoms with Crippen LogP contribution in [0.15, 0.2) is 17.6 Å². The molecule has 2 N–H and O–H groups in total. The molecule has 0 bridgehead atoms. The third-order valence-electron chi connectivity index (χ3n) is 2.52. The van der Waals surface area contributed by atoms with E-state index in [1.807, 2.05) is 19.4 Å². The standard InChI is InChI=1S/C12H19N7S/c1-4-5-13-9-6-10(17-12(16-9)20-3)14-7-11-15-8-19(2)18-11/h6,8H,4-5,7H2,1-3H3,(H2,13,14,16,17). The molecule has 0 radical (unpaired) electrons. The lowest BCUT2D eigenvalue weighted by atomic mass is 10.4. The Labute approximate surface area is 122 Å². The Kier molecular flexibility index (Phi) is 5.16. The smallest absolute Gasteiger partial charge is 0.191 e. The van der Waals surface area contributed by atoms with Crippen LogP contribution in [0, 0.1) is 0 Å². The number of thioether (sulfide) groups is 1. The zero-order valence-electron chi connectivity index (χ0n) is 11.9. The summed E-state index contributed by atoms with van der Waals surface area (Å²) in [5, 5.41) is 11.5. The van der Waals surface area contributed by atoms with Crippen LogP contribution in [-0.4, -0.2) is 37.5 Å². The van der Waals surface area contributed by atoms with E-state index >= 15 is 0 Å². The van der Waals surface area contributed by atoms with Crippen LogP contribution < -0.4 is 10.6 Å². The van der Waals surface area contributed by atoms with Crippen molar-refractivity contribution in [2.75, 3.05) is 23.4 Å². The van der Waals surface area contributed by atoms with Crippen molar-refractivity contribution in [2.45, 2.75) is 25.0 Å². The molecule has 2 rings (SSSR count). The molecule has 0 unspecified atom stereocenters. The van der Waals surface area contributed by atoms with Crippen molar-refractivity contribution < 1.29 is 0 Å². The van der Waals surface area contributed by atoms with Gasteiger partial charge in [0, 0.05) is 19.7 Å². The summed E-state index contributed by atoms with van der Waals surface area (Å²) < 4.78 is 1.68. The first kappa shape index (κ1) is 14.6. The first-order valence-corrected chi connectivity index (χ1v) is 7.69. The molecule has 2 heterocycles. The highest BCUT2D eigenvalue weighted by Gasteiger charge is 2.05. The molecule has 8 heteroatoms. The van der Waals surface area contributed by atoms with E-state index in [-0.39, 0.29) is 0 Å². The predicted molar refractivity (Wildman–Crippen MR) is 80.9 cm³/mol. The summed E-state index contributed by atoms with van der Waals surface area (Å²) in [6.45, 7) is 3.56. The Morgan fingerprint density at radius 1 is 1.25 bits per heavy atom. The van der Waals surface area contributed by atoms with E-state index in [9.17, 15) is 0 Å². The third kappa shape index (κ3) is 4.09. The SMILES string of the molecule is CCCNc1cc(NCc2ncn(C)n2)nc(SC)n1. The number of nitrogens with zero attached hydrogens (tertiary/aromatic N) is 5. The lowest BCUT2D eigenvalue weighted by Gasteiger charge is -2.09. The zero-order valence-corrected chi connectivity index (χ0v) is 12.7. The molecular formula is C12H19N7S. The van der Waals surface area contributed by atoms with Crippen LogP contribution in [0.2, 0.25) is 0 Å². The molecule has 0 aliphatic heterocycles. The van der Waals surface area contributed by atoms with Crippen LogP contribution in [-0.2, 0) is 13.6 Å². The van der Waals surface area contributed by atoms with Crippen LogP contribution >= 0.6 is 11.8 Å². The lowest BCUT2D eigenvalue weighted by molar-refractivity contribution is 0.746. The van der Waals surface area contributed by atoms with E-state index in [0.29, 0.717) is 6.54 Å². The maximum Gasteiger partial charge on any atom is 0.191 e. The number of aromatic nitrogens is 5. The number of anilines is 2. The minimum atomic E-state index is 0.541. The summed E-state index contributed by atoms with van der Waals surface area (Å²) in [6.07, 6.45) is 4.70. The van der Waals surface area contributed by atoms with Gasteiger partial charge in [-0.1, -0.05) is 18.7 Å². The van der Waals surface area contributed by atoms with Gasteiger partial charge in [0.25, 0.3) is 0 Å².